The second kappa shape index (κ2) is 7.92. The highest BCUT2D eigenvalue weighted by Crippen LogP contribution is 2.30. The summed E-state index contributed by atoms with van der Waals surface area (Å²) in [4.78, 5) is 26.9. The average Bonchev–Trinajstić information content (AvgIpc) is 2.99. The van der Waals surface area contributed by atoms with E-state index in [9.17, 15) is 9.59 Å². The van der Waals surface area contributed by atoms with Gasteiger partial charge in [0.05, 0.1) is 5.92 Å². The number of benzene rings is 2. The topological polar surface area (TPSA) is 49.4 Å². The number of hydrogen-bond acceptors (Lipinski definition) is 2. The lowest BCUT2D eigenvalue weighted by Gasteiger charge is -2.18. The first-order chi connectivity index (χ1) is 12.4. The largest absolute Gasteiger partial charge is 0.325 e. The van der Waals surface area contributed by atoms with Crippen molar-refractivity contribution >= 4 is 55.0 Å². The molecule has 2 aromatic rings. The van der Waals surface area contributed by atoms with Crippen molar-refractivity contribution in [1.29, 1.82) is 0 Å². The van der Waals surface area contributed by atoms with Gasteiger partial charge in [-0.15, -0.1) is 0 Å². The molecule has 1 saturated heterocycles. The first-order valence-electron chi connectivity index (χ1n) is 8.55. The van der Waals surface area contributed by atoms with Crippen molar-refractivity contribution in [2.24, 2.45) is 5.92 Å². The van der Waals surface area contributed by atoms with Crippen LogP contribution in [0.2, 0.25) is 0 Å². The van der Waals surface area contributed by atoms with Gasteiger partial charge in [0.2, 0.25) is 11.8 Å². The maximum Gasteiger partial charge on any atom is 0.229 e. The van der Waals surface area contributed by atoms with E-state index in [1.54, 1.807) is 4.90 Å². The molecule has 6 heteroatoms. The summed E-state index contributed by atoms with van der Waals surface area (Å²) >= 11 is 6.90. The Morgan fingerprint density at radius 3 is 2.54 bits per heavy atom. The molecule has 1 heterocycles. The van der Waals surface area contributed by atoms with Crippen LogP contribution in [0.25, 0.3) is 0 Å². The molecule has 0 spiro atoms. The van der Waals surface area contributed by atoms with Gasteiger partial charge in [0, 0.05) is 33.3 Å². The van der Waals surface area contributed by atoms with Crippen LogP contribution in [0, 0.1) is 12.8 Å². The Morgan fingerprint density at radius 2 is 1.88 bits per heavy atom. The average molecular weight is 480 g/mol. The van der Waals surface area contributed by atoms with Crippen LogP contribution in [-0.4, -0.2) is 18.4 Å². The predicted molar refractivity (Wildman–Crippen MR) is 111 cm³/mol. The number of halogens is 2. The molecule has 136 valence electrons. The number of carbonyl (C=O) groups is 2. The Labute approximate surface area is 170 Å². The van der Waals surface area contributed by atoms with Gasteiger partial charge in [-0.2, -0.15) is 0 Å². The van der Waals surface area contributed by atoms with Crippen molar-refractivity contribution in [3.05, 3.63) is 56.5 Å². The Bertz CT molecular complexity index is 850. The maximum atomic E-state index is 12.8. The van der Waals surface area contributed by atoms with Crippen molar-refractivity contribution in [3.63, 3.8) is 0 Å². The van der Waals surface area contributed by atoms with Crippen molar-refractivity contribution < 1.29 is 9.59 Å². The molecule has 1 fully saturated rings. The van der Waals surface area contributed by atoms with Gasteiger partial charge < -0.3 is 10.2 Å². The van der Waals surface area contributed by atoms with Crippen LogP contribution in [0.15, 0.2) is 45.3 Å². The number of anilines is 2. The van der Waals surface area contributed by atoms with E-state index in [0.717, 1.165) is 37.9 Å². The van der Waals surface area contributed by atoms with E-state index in [2.05, 4.69) is 44.1 Å². The minimum absolute atomic E-state index is 0.0179. The molecule has 1 N–H and O–H groups in total. The molecule has 0 saturated carbocycles. The minimum atomic E-state index is -0.348. The van der Waals surface area contributed by atoms with Crippen LogP contribution in [0.4, 0.5) is 11.4 Å². The Hall–Kier alpha value is -1.66. The molecule has 1 atom stereocenters. The predicted octanol–water partition coefficient (Wildman–Crippen LogP) is 5.07. The Morgan fingerprint density at radius 1 is 1.19 bits per heavy atom. The number of amides is 2. The van der Waals surface area contributed by atoms with Crippen molar-refractivity contribution in [2.75, 3.05) is 16.8 Å². The van der Waals surface area contributed by atoms with Gasteiger partial charge in [0.1, 0.15) is 0 Å². The van der Waals surface area contributed by atoms with E-state index in [1.807, 2.05) is 43.3 Å². The summed E-state index contributed by atoms with van der Waals surface area (Å²) in [6.45, 7) is 4.45. The zero-order valence-corrected chi connectivity index (χ0v) is 17.9. The zero-order chi connectivity index (χ0) is 18.8. The maximum absolute atomic E-state index is 12.8. The van der Waals surface area contributed by atoms with Gasteiger partial charge in [-0.05, 0) is 60.9 Å². The van der Waals surface area contributed by atoms with E-state index < -0.39 is 0 Å². The van der Waals surface area contributed by atoms with Crippen molar-refractivity contribution in [2.45, 2.75) is 26.7 Å². The number of rotatable bonds is 4. The first kappa shape index (κ1) is 19.1. The van der Waals surface area contributed by atoms with Gasteiger partial charge in [-0.1, -0.05) is 38.8 Å². The van der Waals surface area contributed by atoms with E-state index in [4.69, 9.17) is 0 Å². The van der Waals surface area contributed by atoms with Gasteiger partial charge >= 0.3 is 0 Å². The summed E-state index contributed by atoms with van der Waals surface area (Å²) in [6, 6.07) is 11.6. The minimum Gasteiger partial charge on any atom is -0.325 e. The molecule has 2 aromatic carbocycles. The lowest BCUT2D eigenvalue weighted by atomic mass is 10.0. The summed E-state index contributed by atoms with van der Waals surface area (Å²) < 4.78 is 1.96. The molecule has 0 aromatic heterocycles. The molecule has 1 aliphatic rings. The summed E-state index contributed by atoms with van der Waals surface area (Å²) in [6.07, 6.45) is 1.06. The number of carbonyl (C=O) groups excluding carboxylic acids is 2. The highest BCUT2D eigenvalue weighted by molar-refractivity contribution is 9.10. The molecular formula is C20H20Br2N2O2. The molecular weight excluding hydrogens is 460 g/mol. The fourth-order valence-corrected chi connectivity index (χ4v) is 4.13. The van der Waals surface area contributed by atoms with Crippen LogP contribution in [0.1, 0.15) is 24.5 Å². The molecule has 26 heavy (non-hydrogen) atoms. The van der Waals surface area contributed by atoms with E-state index >= 15 is 0 Å². The van der Waals surface area contributed by atoms with Crippen molar-refractivity contribution in [1.82, 2.24) is 0 Å². The number of nitrogens with zero attached hydrogens (tertiary/aromatic N) is 1. The molecule has 0 unspecified atom stereocenters. The van der Waals surface area contributed by atoms with Gasteiger partial charge in [-0.25, -0.2) is 0 Å². The number of nitrogens with one attached hydrogen (secondary N) is 1. The van der Waals surface area contributed by atoms with Gasteiger partial charge in [0.25, 0.3) is 0 Å². The molecule has 4 nitrogen and oxygen atoms in total. The van der Waals surface area contributed by atoms with E-state index in [1.165, 1.54) is 0 Å². The summed E-state index contributed by atoms with van der Waals surface area (Å²) in [5, 5.41) is 3.05. The van der Waals surface area contributed by atoms with E-state index in [0.29, 0.717) is 6.54 Å². The fourth-order valence-electron chi connectivity index (χ4n) is 3.25. The van der Waals surface area contributed by atoms with E-state index in [-0.39, 0.29) is 24.2 Å². The molecule has 2 amide bonds. The third-order valence-corrected chi connectivity index (χ3v) is 5.63. The zero-order valence-electron chi connectivity index (χ0n) is 14.7. The van der Waals surface area contributed by atoms with Crippen LogP contribution < -0.4 is 10.2 Å². The summed E-state index contributed by atoms with van der Waals surface area (Å²) in [5.74, 6) is -0.465. The number of hydrogen-bond donors (Lipinski definition) is 1. The van der Waals surface area contributed by atoms with Gasteiger partial charge in [0.15, 0.2) is 0 Å². The second-order valence-corrected chi connectivity index (χ2v) is 8.31. The Kier molecular flexibility index (Phi) is 5.82. The summed E-state index contributed by atoms with van der Waals surface area (Å²) in [5.41, 5.74) is 3.77. The monoisotopic (exact) mass is 478 g/mol. The van der Waals surface area contributed by atoms with Gasteiger partial charge in [-0.3, -0.25) is 9.59 Å². The highest BCUT2D eigenvalue weighted by atomic mass is 79.9. The fraction of sp³-hybridized carbons (Fsp3) is 0.300. The molecule has 0 aliphatic carbocycles. The van der Waals surface area contributed by atoms with Crippen LogP contribution in [0.5, 0.6) is 0 Å². The highest BCUT2D eigenvalue weighted by Gasteiger charge is 2.35. The standard InChI is InChI=1S/C20H20Br2N2O2/c1-3-13-9-16(22)8-12(2)19(13)23-20(26)14-10-18(25)24(11-14)17-6-4-15(21)5-7-17/h4-9,14H,3,10-11H2,1-2H3,(H,23,26)/t14-/m0/s1. The van der Waals surface area contributed by atoms with Crippen molar-refractivity contribution in [3.8, 4) is 0 Å². The van der Waals surface area contributed by atoms with Crippen LogP contribution >= 0.6 is 31.9 Å². The number of aryl methyl sites for hydroxylation is 2. The van der Waals surface area contributed by atoms with Crippen LogP contribution in [-0.2, 0) is 16.0 Å². The molecule has 1 aliphatic heterocycles. The lowest BCUT2D eigenvalue weighted by molar-refractivity contribution is -0.122. The molecule has 0 radical (unpaired) electrons. The summed E-state index contributed by atoms with van der Waals surface area (Å²) in [7, 11) is 0. The van der Waals surface area contributed by atoms with Crippen LogP contribution in [0.3, 0.4) is 0 Å². The Balaban J connectivity index is 1.76. The lowest BCUT2D eigenvalue weighted by Crippen LogP contribution is -2.28. The quantitative estimate of drug-likeness (QED) is 0.665. The molecule has 0 bridgehead atoms. The third kappa shape index (κ3) is 4.01. The SMILES string of the molecule is CCc1cc(Br)cc(C)c1NC(=O)[C@H]1CC(=O)N(c2ccc(Br)cc2)C1. The second-order valence-electron chi connectivity index (χ2n) is 6.48. The normalized spacial score (nSPS) is 16.8. The molecule has 3 rings (SSSR count). The smallest absolute Gasteiger partial charge is 0.229 e. The first-order valence-corrected chi connectivity index (χ1v) is 10.1. The third-order valence-electron chi connectivity index (χ3n) is 4.65.